The Kier molecular flexibility index (Phi) is 4.44. The van der Waals surface area contributed by atoms with Crippen LogP contribution in [0.15, 0.2) is 30.3 Å². The maximum absolute atomic E-state index is 12.3. The maximum atomic E-state index is 12.3. The Bertz CT molecular complexity index is 584. The molecule has 1 aromatic heterocycles. The molecule has 6 heteroatoms. The van der Waals surface area contributed by atoms with Crippen LogP contribution in [-0.2, 0) is 6.54 Å². The topological polar surface area (TPSA) is 34.1 Å². The van der Waals surface area contributed by atoms with Gasteiger partial charge in [0.05, 0.1) is 5.69 Å². The summed E-state index contributed by atoms with van der Waals surface area (Å²) in [5.41, 5.74) is 0.655. The van der Waals surface area contributed by atoms with Crippen LogP contribution in [0.4, 0.5) is 13.2 Å². The first-order valence-corrected chi connectivity index (χ1v) is 6.28. The molecule has 0 amide bonds. The van der Waals surface area contributed by atoms with Gasteiger partial charge in [-0.25, -0.2) is 4.98 Å². The van der Waals surface area contributed by atoms with Crippen molar-refractivity contribution in [2.24, 2.45) is 0 Å². The number of nitrogens with zero attached hydrogens (tertiary/aromatic N) is 1. The highest BCUT2D eigenvalue weighted by atomic mass is 19.4. The number of nitrogens with one attached hydrogen (secondary N) is 1. The van der Waals surface area contributed by atoms with Gasteiger partial charge in [0.1, 0.15) is 0 Å². The first kappa shape index (κ1) is 14.6. The summed E-state index contributed by atoms with van der Waals surface area (Å²) in [5.74, 6) is 0.0216. The quantitative estimate of drug-likeness (QED) is 0.915. The summed E-state index contributed by atoms with van der Waals surface area (Å²) >= 11 is 0. The lowest BCUT2D eigenvalue weighted by molar-refractivity contribution is -0.153. The lowest BCUT2D eigenvalue weighted by Gasteiger charge is -2.12. The van der Waals surface area contributed by atoms with Crippen molar-refractivity contribution in [1.82, 2.24) is 10.3 Å². The van der Waals surface area contributed by atoms with E-state index in [2.05, 4.69) is 10.3 Å². The molecule has 0 aliphatic heterocycles. The third kappa shape index (κ3) is 3.84. The molecule has 0 radical (unpaired) electrons. The minimum Gasteiger partial charge on any atom is -0.468 e. The zero-order chi connectivity index (χ0) is 14.6. The number of hydrogen-bond acceptors (Lipinski definition) is 3. The number of alkyl halides is 3. The summed E-state index contributed by atoms with van der Waals surface area (Å²) in [6, 6.07) is 8.94. The Hall–Kier alpha value is -1.82. The van der Waals surface area contributed by atoms with Gasteiger partial charge >= 0.3 is 6.18 Å². The minimum absolute atomic E-state index is 0.0216. The summed E-state index contributed by atoms with van der Waals surface area (Å²) in [5, 5.41) is 4.48. The second-order valence-corrected chi connectivity index (χ2v) is 4.32. The molecule has 0 aliphatic rings. The molecular weight excluding hydrogens is 269 g/mol. The predicted octanol–water partition coefficient (Wildman–Crippen LogP) is 3.29. The number of halogens is 3. The zero-order valence-corrected chi connectivity index (χ0v) is 11.0. The van der Waals surface area contributed by atoms with E-state index in [9.17, 15) is 13.2 Å². The Morgan fingerprint density at radius 2 is 2.00 bits per heavy atom. The molecule has 0 spiro atoms. The second kappa shape index (κ2) is 6.09. The van der Waals surface area contributed by atoms with Crippen molar-refractivity contribution in [3.8, 4) is 5.88 Å². The van der Waals surface area contributed by atoms with Gasteiger partial charge < -0.3 is 10.1 Å². The van der Waals surface area contributed by atoms with Gasteiger partial charge in [-0.1, -0.05) is 25.1 Å². The number of pyridine rings is 1. The van der Waals surface area contributed by atoms with Crippen molar-refractivity contribution in [3.63, 3.8) is 0 Å². The molecule has 3 nitrogen and oxygen atoms in total. The number of benzene rings is 1. The van der Waals surface area contributed by atoms with Crippen LogP contribution >= 0.6 is 0 Å². The molecule has 1 heterocycles. The Morgan fingerprint density at radius 1 is 1.25 bits per heavy atom. The molecule has 1 aromatic carbocycles. The third-order valence-corrected chi connectivity index (χ3v) is 2.69. The van der Waals surface area contributed by atoms with Gasteiger partial charge in [-0.15, -0.1) is 0 Å². The highest BCUT2D eigenvalue weighted by molar-refractivity contribution is 5.87. The van der Waals surface area contributed by atoms with E-state index in [1.807, 2.05) is 25.1 Å². The standard InChI is InChI=1S/C14H15F3N2O/c1-2-18-8-11-7-10-5-3-4-6-12(10)13(19-11)20-9-14(15,16)17/h3-7,18H,2,8-9H2,1H3. The van der Waals surface area contributed by atoms with Crippen LogP contribution in [0, 0.1) is 0 Å². The summed E-state index contributed by atoms with van der Waals surface area (Å²) < 4.78 is 41.7. The molecule has 0 saturated heterocycles. The molecule has 0 aliphatic carbocycles. The van der Waals surface area contributed by atoms with E-state index in [-0.39, 0.29) is 5.88 Å². The monoisotopic (exact) mass is 284 g/mol. The largest absolute Gasteiger partial charge is 0.468 e. The van der Waals surface area contributed by atoms with Crippen LogP contribution in [-0.4, -0.2) is 24.3 Å². The van der Waals surface area contributed by atoms with Crippen molar-refractivity contribution < 1.29 is 17.9 Å². The van der Waals surface area contributed by atoms with Crippen molar-refractivity contribution in [3.05, 3.63) is 36.0 Å². The van der Waals surface area contributed by atoms with Gasteiger partial charge in [-0.2, -0.15) is 13.2 Å². The van der Waals surface area contributed by atoms with Crippen LogP contribution in [0.2, 0.25) is 0 Å². The van der Waals surface area contributed by atoms with Crippen LogP contribution < -0.4 is 10.1 Å². The highest BCUT2D eigenvalue weighted by Gasteiger charge is 2.29. The lowest BCUT2D eigenvalue weighted by atomic mass is 10.1. The maximum Gasteiger partial charge on any atom is 0.422 e. The highest BCUT2D eigenvalue weighted by Crippen LogP contribution is 2.26. The molecule has 2 aromatic rings. The van der Waals surface area contributed by atoms with Crippen molar-refractivity contribution in [2.45, 2.75) is 19.6 Å². The van der Waals surface area contributed by atoms with E-state index in [1.165, 1.54) is 0 Å². The fraction of sp³-hybridized carbons (Fsp3) is 0.357. The zero-order valence-electron chi connectivity index (χ0n) is 11.0. The number of hydrogen-bond donors (Lipinski definition) is 1. The van der Waals surface area contributed by atoms with E-state index in [0.29, 0.717) is 17.6 Å². The molecule has 2 rings (SSSR count). The summed E-state index contributed by atoms with van der Waals surface area (Å²) in [6.07, 6.45) is -4.37. The van der Waals surface area contributed by atoms with Gasteiger partial charge in [0.15, 0.2) is 6.61 Å². The Labute approximate surface area is 114 Å². The van der Waals surface area contributed by atoms with Gasteiger partial charge in [0.25, 0.3) is 0 Å². The Morgan fingerprint density at radius 3 is 2.70 bits per heavy atom. The summed E-state index contributed by atoms with van der Waals surface area (Å²) in [7, 11) is 0. The van der Waals surface area contributed by atoms with Gasteiger partial charge in [0.2, 0.25) is 5.88 Å². The van der Waals surface area contributed by atoms with Crippen LogP contribution in [0.25, 0.3) is 10.8 Å². The van der Waals surface area contributed by atoms with Gasteiger partial charge in [-0.3, -0.25) is 0 Å². The fourth-order valence-electron chi connectivity index (χ4n) is 1.82. The van der Waals surface area contributed by atoms with Crippen molar-refractivity contribution in [1.29, 1.82) is 0 Å². The Balaban J connectivity index is 2.33. The summed E-state index contributed by atoms with van der Waals surface area (Å²) in [4.78, 5) is 4.16. The number of ether oxygens (including phenoxy) is 1. The van der Waals surface area contributed by atoms with E-state index in [0.717, 1.165) is 11.9 Å². The smallest absolute Gasteiger partial charge is 0.422 e. The molecule has 0 saturated carbocycles. The average Bonchev–Trinajstić information content (AvgIpc) is 2.41. The van der Waals surface area contributed by atoms with E-state index >= 15 is 0 Å². The molecule has 20 heavy (non-hydrogen) atoms. The van der Waals surface area contributed by atoms with Crippen LogP contribution in [0.3, 0.4) is 0 Å². The second-order valence-electron chi connectivity index (χ2n) is 4.32. The predicted molar refractivity (Wildman–Crippen MR) is 70.7 cm³/mol. The lowest BCUT2D eigenvalue weighted by Crippen LogP contribution is -2.20. The summed E-state index contributed by atoms with van der Waals surface area (Å²) in [6.45, 7) is 1.85. The normalized spacial score (nSPS) is 11.8. The molecule has 0 bridgehead atoms. The molecule has 0 atom stereocenters. The SMILES string of the molecule is CCNCc1cc2ccccc2c(OCC(F)(F)F)n1. The first-order valence-electron chi connectivity index (χ1n) is 6.28. The first-order chi connectivity index (χ1) is 9.49. The van der Waals surface area contributed by atoms with Crippen LogP contribution in [0.5, 0.6) is 5.88 Å². The van der Waals surface area contributed by atoms with Gasteiger partial charge in [-0.05, 0) is 24.1 Å². The molecule has 108 valence electrons. The molecular formula is C14H15F3N2O. The van der Waals surface area contributed by atoms with Gasteiger partial charge in [0, 0.05) is 11.9 Å². The molecule has 1 N–H and O–H groups in total. The average molecular weight is 284 g/mol. The number of aromatic nitrogens is 1. The van der Waals surface area contributed by atoms with Crippen LogP contribution in [0.1, 0.15) is 12.6 Å². The molecule has 0 unspecified atom stereocenters. The minimum atomic E-state index is -4.37. The molecule has 0 fully saturated rings. The van der Waals surface area contributed by atoms with Crippen molar-refractivity contribution >= 4 is 10.8 Å². The number of fused-ring (bicyclic) bond motifs is 1. The van der Waals surface area contributed by atoms with E-state index in [1.54, 1.807) is 12.1 Å². The third-order valence-electron chi connectivity index (χ3n) is 2.69. The fourth-order valence-corrected chi connectivity index (χ4v) is 1.82. The number of rotatable bonds is 5. The van der Waals surface area contributed by atoms with Crippen molar-refractivity contribution in [2.75, 3.05) is 13.2 Å². The van der Waals surface area contributed by atoms with E-state index in [4.69, 9.17) is 4.74 Å². The van der Waals surface area contributed by atoms with E-state index < -0.39 is 12.8 Å².